The Bertz CT molecular complexity index is 724. The molecule has 3 nitrogen and oxygen atoms in total. The van der Waals surface area contributed by atoms with Gasteiger partial charge in [-0.15, -0.1) is 0 Å². The highest BCUT2D eigenvalue weighted by Crippen LogP contribution is 2.40. The minimum atomic E-state index is 0.197. The zero-order valence-electron chi connectivity index (χ0n) is 12.8. The summed E-state index contributed by atoms with van der Waals surface area (Å²) in [6, 6.07) is 14.9. The van der Waals surface area contributed by atoms with E-state index in [9.17, 15) is 4.79 Å². The number of aryl methyl sites for hydroxylation is 1. The monoisotopic (exact) mass is 292 g/mol. The van der Waals surface area contributed by atoms with Gasteiger partial charge < -0.3 is 10.2 Å². The summed E-state index contributed by atoms with van der Waals surface area (Å²) in [7, 11) is 0. The second-order valence-electron chi connectivity index (χ2n) is 6.05. The molecule has 112 valence electrons. The number of amides is 1. The zero-order chi connectivity index (χ0) is 15.1. The van der Waals surface area contributed by atoms with E-state index < -0.39 is 0 Å². The molecular formula is C19H20N2O. The Morgan fingerprint density at radius 3 is 2.82 bits per heavy atom. The molecule has 2 aromatic carbocycles. The van der Waals surface area contributed by atoms with Gasteiger partial charge in [-0.05, 0) is 28.7 Å². The zero-order valence-corrected chi connectivity index (χ0v) is 12.8. The van der Waals surface area contributed by atoms with Gasteiger partial charge in [0.2, 0.25) is 0 Å². The third kappa shape index (κ3) is 1.97. The number of nitrogens with one attached hydrogen (secondary N) is 1. The number of nitrogens with zero attached hydrogens (tertiary/aromatic N) is 1. The highest BCUT2D eigenvalue weighted by molar-refractivity contribution is 6.05. The van der Waals surface area contributed by atoms with Crippen LogP contribution in [0, 0.1) is 0 Å². The van der Waals surface area contributed by atoms with Crippen LogP contribution in [0.25, 0.3) is 11.1 Å². The van der Waals surface area contributed by atoms with Crippen molar-refractivity contribution in [2.45, 2.75) is 19.4 Å². The molecule has 1 atom stereocenters. The molecule has 2 aromatic rings. The molecule has 3 heteroatoms. The van der Waals surface area contributed by atoms with Gasteiger partial charge in [0.25, 0.3) is 5.91 Å². The molecule has 0 aliphatic carbocycles. The van der Waals surface area contributed by atoms with Crippen molar-refractivity contribution in [3.05, 3.63) is 59.2 Å². The van der Waals surface area contributed by atoms with E-state index in [2.05, 4.69) is 36.5 Å². The number of hydrogen-bond donors (Lipinski definition) is 1. The quantitative estimate of drug-likeness (QED) is 0.923. The molecule has 22 heavy (non-hydrogen) atoms. The van der Waals surface area contributed by atoms with E-state index in [1.807, 2.05) is 23.1 Å². The lowest BCUT2D eigenvalue weighted by atomic mass is 9.91. The molecule has 0 unspecified atom stereocenters. The fourth-order valence-electron chi connectivity index (χ4n) is 3.65. The Morgan fingerprint density at radius 1 is 1.23 bits per heavy atom. The van der Waals surface area contributed by atoms with Crippen LogP contribution in [0.3, 0.4) is 0 Å². The van der Waals surface area contributed by atoms with Crippen molar-refractivity contribution in [3.8, 4) is 11.1 Å². The molecule has 1 N–H and O–H groups in total. The van der Waals surface area contributed by atoms with E-state index in [-0.39, 0.29) is 11.9 Å². The predicted molar refractivity (Wildman–Crippen MR) is 87.9 cm³/mol. The first-order valence-electron chi connectivity index (χ1n) is 8.03. The summed E-state index contributed by atoms with van der Waals surface area (Å²) in [4.78, 5) is 15.0. The summed E-state index contributed by atoms with van der Waals surface area (Å²) in [5, 5.41) is 3.42. The molecular weight excluding hydrogens is 272 g/mol. The first-order valence-corrected chi connectivity index (χ1v) is 8.03. The molecule has 2 aliphatic rings. The van der Waals surface area contributed by atoms with Crippen LogP contribution in [-0.4, -0.2) is 30.4 Å². The first-order chi connectivity index (χ1) is 10.8. The molecule has 4 rings (SSSR count). The van der Waals surface area contributed by atoms with E-state index in [4.69, 9.17) is 0 Å². The standard InChI is InChI=1S/C19H20N2O/c1-2-13-10-15(14-6-4-3-5-7-14)18-16(11-13)17-12-20-8-9-21(17)19(18)22/h3-7,10-11,17,20H,2,8-9,12H2,1H3/t17-/m0/s1. The van der Waals surface area contributed by atoms with Crippen molar-refractivity contribution in [2.75, 3.05) is 19.6 Å². The van der Waals surface area contributed by atoms with Gasteiger partial charge in [-0.3, -0.25) is 4.79 Å². The van der Waals surface area contributed by atoms with E-state index in [0.717, 1.165) is 42.7 Å². The van der Waals surface area contributed by atoms with Crippen LogP contribution in [0.15, 0.2) is 42.5 Å². The number of rotatable bonds is 2. The third-order valence-corrected chi connectivity index (χ3v) is 4.80. The topological polar surface area (TPSA) is 32.3 Å². The molecule has 0 bridgehead atoms. The average Bonchev–Trinajstić information content (AvgIpc) is 2.88. The Morgan fingerprint density at radius 2 is 2.05 bits per heavy atom. The smallest absolute Gasteiger partial charge is 0.255 e. The van der Waals surface area contributed by atoms with Crippen LogP contribution in [0.5, 0.6) is 0 Å². The van der Waals surface area contributed by atoms with Crippen molar-refractivity contribution >= 4 is 5.91 Å². The lowest BCUT2D eigenvalue weighted by molar-refractivity contribution is 0.0691. The number of fused-ring (bicyclic) bond motifs is 3. The van der Waals surface area contributed by atoms with Gasteiger partial charge in [-0.25, -0.2) is 0 Å². The van der Waals surface area contributed by atoms with Crippen LogP contribution in [0.2, 0.25) is 0 Å². The van der Waals surface area contributed by atoms with Gasteiger partial charge in [0.05, 0.1) is 11.6 Å². The van der Waals surface area contributed by atoms with Crippen LogP contribution in [-0.2, 0) is 6.42 Å². The molecule has 0 aromatic heterocycles. The third-order valence-electron chi connectivity index (χ3n) is 4.80. The van der Waals surface area contributed by atoms with Gasteiger partial charge in [-0.1, -0.05) is 49.4 Å². The minimum absolute atomic E-state index is 0.197. The fourth-order valence-corrected chi connectivity index (χ4v) is 3.65. The van der Waals surface area contributed by atoms with E-state index in [1.165, 1.54) is 11.1 Å². The Labute approximate surface area is 131 Å². The van der Waals surface area contributed by atoms with Crippen molar-refractivity contribution in [2.24, 2.45) is 0 Å². The maximum Gasteiger partial charge on any atom is 0.255 e. The summed E-state index contributed by atoms with van der Waals surface area (Å²) in [5.74, 6) is 0.197. The Hall–Kier alpha value is -2.13. The first kappa shape index (κ1) is 13.5. The molecule has 0 spiro atoms. The number of carbonyl (C=O) groups excluding carboxylic acids is 1. The van der Waals surface area contributed by atoms with Gasteiger partial charge in [0.1, 0.15) is 0 Å². The highest BCUT2D eigenvalue weighted by atomic mass is 16.2. The van der Waals surface area contributed by atoms with Crippen molar-refractivity contribution in [1.82, 2.24) is 10.2 Å². The summed E-state index contributed by atoms with van der Waals surface area (Å²) in [6.45, 7) is 4.72. The number of hydrogen-bond acceptors (Lipinski definition) is 2. The molecule has 1 fully saturated rings. The maximum absolute atomic E-state index is 12.9. The molecule has 0 radical (unpaired) electrons. The molecule has 1 amide bonds. The van der Waals surface area contributed by atoms with Crippen LogP contribution >= 0.6 is 0 Å². The summed E-state index contributed by atoms with van der Waals surface area (Å²) < 4.78 is 0. The SMILES string of the molecule is CCc1cc(-c2ccccc2)c2c(c1)[C@@H]1CNCCN1C2=O. The lowest BCUT2D eigenvalue weighted by Crippen LogP contribution is -2.44. The molecule has 2 heterocycles. The van der Waals surface area contributed by atoms with E-state index in [1.54, 1.807) is 0 Å². The molecule has 0 saturated carbocycles. The van der Waals surface area contributed by atoms with Crippen LogP contribution in [0.4, 0.5) is 0 Å². The average molecular weight is 292 g/mol. The Balaban J connectivity index is 1.94. The Kier molecular flexibility index (Phi) is 3.23. The minimum Gasteiger partial charge on any atom is -0.329 e. The largest absolute Gasteiger partial charge is 0.329 e. The van der Waals surface area contributed by atoms with Crippen molar-refractivity contribution < 1.29 is 4.79 Å². The number of benzene rings is 2. The van der Waals surface area contributed by atoms with Gasteiger partial charge in [0, 0.05) is 19.6 Å². The van der Waals surface area contributed by atoms with Crippen LogP contribution < -0.4 is 5.32 Å². The summed E-state index contributed by atoms with van der Waals surface area (Å²) >= 11 is 0. The van der Waals surface area contributed by atoms with E-state index in [0.29, 0.717) is 0 Å². The van der Waals surface area contributed by atoms with Gasteiger partial charge in [-0.2, -0.15) is 0 Å². The normalized spacial score (nSPS) is 20.0. The van der Waals surface area contributed by atoms with Crippen LogP contribution in [0.1, 0.15) is 34.5 Å². The second-order valence-corrected chi connectivity index (χ2v) is 6.05. The van der Waals surface area contributed by atoms with E-state index >= 15 is 0 Å². The molecule has 1 saturated heterocycles. The highest BCUT2D eigenvalue weighted by Gasteiger charge is 2.39. The van der Waals surface area contributed by atoms with Crippen molar-refractivity contribution in [3.63, 3.8) is 0 Å². The summed E-state index contributed by atoms with van der Waals surface area (Å²) in [5.41, 5.74) is 5.65. The van der Waals surface area contributed by atoms with Gasteiger partial charge in [0.15, 0.2) is 0 Å². The number of piperazine rings is 1. The lowest BCUT2D eigenvalue weighted by Gasteiger charge is -2.30. The maximum atomic E-state index is 12.9. The van der Waals surface area contributed by atoms with Gasteiger partial charge >= 0.3 is 0 Å². The molecule has 2 aliphatic heterocycles. The van der Waals surface area contributed by atoms with Crippen molar-refractivity contribution in [1.29, 1.82) is 0 Å². The fraction of sp³-hybridized carbons (Fsp3) is 0.316. The second kappa shape index (κ2) is 5.25. The number of carbonyl (C=O) groups is 1. The summed E-state index contributed by atoms with van der Waals surface area (Å²) in [6.07, 6.45) is 0.988. The predicted octanol–water partition coefficient (Wildman–Crippen LogP) is 3.02.